The van der Waals surface area contributed by atoms with Crippen molar-refractivity contribution in [2.75, 3.05) is 26.2 Å². The highest BCUT2D eigenvalue weighted by Gasteiger charge is 2.25. The molecule has 2 aliphatic heterocycles. The van der Waals surface area contributed by atoms with E-state index in [9.17, 15) is 9.59 Å². The molecule has 2 amide bonds. The third-order valence-electron chi connectivity index (χ3n) is 6.30. The van der Waals surface area contributed by atoms with Crippen LogP contribution in [0.3, 0.4) is 0 Å². The lowest BCUT2D eigenvalue weighted by molar-refractivity contribution is -0.122. The highest BCUT2D eigenvalue weighted by atomic mass is 16.2. The van der Waals surface area contributed by atoms with Crippen molar-refractivity contribution in [2.45, 2.75) is 71.4 Å². The van der Waals surface area contributed by atoms with Crippen molar-refractivity contribution in [3.63, 3.8) is 0 Å². The van der Waals surface area contributed by atoms with Crippen LogP contribution in [0.5, 0.6) is 0 Å². The number of hydrogen-bond donors (Lipinski definition) is 2. The molecule has 2 aromatic rings. The molecule has 168 valence electrons. The van der Waals surface area contributed by atoms with Crippen LogP contribution in [0.1, 0.15) is 67.3 Å². The standard InChI is InChI=1S/C23H34N6O2/c1-3-10-24-20(30)15-28-12-8-17(9-13-28)26-23(31)18-14-16(2)25-22-21(18)27-19-7-5-4-6-11-29(19)22/h14,17H,3-13,15H2,1-2H3,(H,24,30)(H,26,31). The lowest BCUT2D eigenvalue weighted by Gasteiger charge is -2.31. The second-order valence-electron chi connectivity index (χ2n) is 8.85. The number of aromatic nitrogens is 3. The second kappa shape index (κ2) is 9.77. The van der Waals surface area contributed by atoms with E-state index < -0.39 is 0 Å². The smallest absolute Gasteiger partial charge is 0.253 e. The summed E-state index contributed by atoms with van der Waals surface area (Å²) in [5, 5.41) is 6.14. The van der Waals surface area contributed by atoms with E-state index in [0.29, 0.717) is 12.1 Å². The molecule has 0 bridgehead atoms. The summed E-state index contributed by atoms with van der Waals surface area (Å²) < 4.78 is 2.20. The van der Waals surface area contributed by atoms with Crippen LogP contribution in [0.15, 0.2) is 6.07 Å². The first-order valence-electron chi connectivity index (χ1n) is 11.7. The number of imidazole rings is 1. The summed E-state index contributed by atoms with van der Waals surface area (Å²) in [4.78, 5) is 36.8. The molecule has 4 heterocycles. The Balaban J connectivity index is 1.41. The van der Waals surface area contributed by atoms with Crippen LogP contribution in [-0.2, 0) is 17.8 Å². The fourth-order valence-corrected chi connectivity index (χ4v) is 4.61. The third kappa shape index (κ3) is 5.06. The van der Waals surface area contributed by atoms with Crippen molar-refractivity contribution in [2.24, 2.45) is 0 Å². The molecule has 0 spiro atoms. The molecule has 4 rings (SSSR count). The van der Waals surface area contributed by atoms with Gasteiger partial charge in [-0.05, 0) is 45.1 Å². The quantitative estimate of drug-likeness (QED) is 0.739. The topological polar surface area (TPSA) is 92.2 Å². The Morgan fingerprint density at radius 3 is 2.71 bits per heavy atom. The minimum Gasteiger partial charge on any atom is -0.355 e. The Kier molecular flexibility index (Phi) is 6.85. The first-order chi connectivity index (χ1) is 15.0. The molecular weight excluding hydrogens is 392 g/mol. The highest BCUT2D eigenvalue weighted by molar-refractivity contribution is 6.04. The van der Waals surface area contributed by atoms with Crippen molar-refractivity contribution in [3.8, 4) is 0 Å². The monoisotopic (exact) mass is 426 g/mol. The van der Waals surface area contributed by atoms with Gasteiger partial charge in [-0.1, -0.05) is 13.3 Å². The van der Waals surface area contributed by atoms with E-state index in [1.54, 1.807) is 0 Å². The van der Waals surface area contributed by atoms with Crippen LogP contribution in [0, 0.1) is 6.92 Å². The van der Waals surface area contributed by atoms with E-state index >= 15 is 0 Å². The van der Waals surface area contributed by atoms with Gasteiger partial charge in [-0.15, -0.1) is 0 Å². The number of piperidine rings is 1. The van der Waals surface area contributed by atoms with E-state index in [2.05, 4.69) is 20.1 Å². The molecule has 0 aromatic carbocycles. The van der Waals surface area contributed by atoms with Gasteiger partial charge >= 0.3 is 0 Å². The van der Waals surface area contributed by atoms with Gasteiger partial charge in [0, 0.05) is 44.3 Å². The van der Waals surface area contributed by atoms with Crippen LogP contribution in [-0.4, -0.2) is 63.5 Å². The summed E-state index contributed by atoms with van der Waals surface area (Å²) in [7, 11) is 0. The van der Waals surface area contributed by atoms with Gasteiger partial charge in [0.05, 0.1) is 12.1 Å². The number of carbonyl (C=O) groups excluding carboxylic acids is 2. The third-order valence-corrected chi connectivity index (χ3v) is 6.30. The summed E-state index contributed by atoms with van der Waals surface area (Å²) in [6, 6.07) is 1.98. The number of fused-ring (bicyclic) bond motifs is 3. The van der Waals surface area contributed by atoms with Gasteiger partial charge in [0.1, 0.15) is 11.3 Å². The minimum atomic E-state index is -0.0668. The Morgan fingerprint density at radius 1 is 1.13 bits per heavy atom. The fourth-order valence-electron chi connectivity index (χ4n) is 4.61. The molecule has 2 N–H and O–H groups in total. The average Bonchev–Trinajstić information content (AvgIpc) is 2.93. The van der Waals surface area contributed by atoms with Gasteiger partial charge in [0.15, 0.2) is 5.65 Å². The summed E-state index contributed by atoms with van der Waals surface area (Å²) in [5.74, 6) is 1.07. The number of nitrogens with one attached hydrogen (secondary N) is 2. The van der Waals surface area contributed by atoms with Crippen molar-refractivity contribution >= 4 is 23.0 Å². The Hall–Kier alpha value is -2.48. The Labute approximate surface area is 183 Å². The summed E-state index contributed by atoms with van der Waals surface area (Å²) >= 11 is 0. The molecule has 8 heteroatoms. The normalized spacial score (nSPS) is 17.9. The summed E-state index contributed by atoms with van der Waals surface area (Å²) in [6.45, 7) is 7.70. The maximum Gasteiger partial charge on any atom is 0.253 e. The highest BCUT2D eigenvalue weighted by Crippen LogP contribution is 2.24. The van der Waals surface area contributed by atoms with Crippen molar-refractivity contribution in [1.29, 1.82) is 0 Å². The number of hydrogen-bond acceptors (Lipinski definition) is 5. The zero-order valence-corrected chi connectivity index (χ0v) is 18.7. The van der Waals surface area contributed by atoms with Crippen LogP contribution in [0.2, 0.25) is 0 Å². The molecule has 0 unspecified atom stereocenters. The van der Waals surface area contributed by atoms with Crippen LogP contribution >= 0.6 is 0 Å². The van der Waals surface area contributed by atoms with Crippen LogP contribution in [0.4, 0.5) is 0 Å². The maximum absolute atomic E-state index is 13.2. The molecular formula is C23H34N6O2. The number of nitrogens with zero attached hydrogens (tertiary/aromatic N) is 4. The van der Waals surface area contributed by atoms with Crippen molar-refractivity contribution in [1.82, 2.24) is 30.1 Å². The number of pyridine rings is 1. The molecule has 0 aliphatic carbocycles. The number of likely N-dealkylation sites (tertiary alicyclic amines) is 1. The summed E-state index contributed by atoms with van der Waals surface area (Å²) in [5.41, 5.74) is 3.04. The molecule has 0 atom stereocenters. The summed E-state index contributed by atoms with van der Waals surface area (Å²) in [6.07, 6.45) is 7.06. The Bertz CT molecular complexity index is 945. The number of aryl methyl sites for hydroxylation is 3. The molecule has 2 aliphatic rings. The van der Waals surface area contributed by atoms with Gasteiger partial charge in [0.2, 0.25) is 5.91 Å². The predicted molar refractivity (Wildman–Crippen MR) is 120 cm³/mol. The van der Waals surface area contributed by atoms with Crippen molar-refractivity contribution < 1.29 is 9.59 Å². The van der Waals surface area contributed by atoms with Gasteiger partial charge in [-0.25, -0.2) is 9.97 Å². The van der Waals surface area contributed by atoms with E-state index in [4.69, 9.17) is 9.97 Å². The van der Waals surface area contributed by atoms with Gasteiger partial charge in [0.25, 0.3) is 5.91 Å². The SMILES string of the molecule is CCCNC(=O)CN1CCC(NC(=O)c2cc(C)nc3c2nc2n3CCCCC2)CC1. The first kappa shape index (κ1) is 21.7. The zero-order chi connectivity index (χ0) is 21.8. The lowest BCUT2D eigenvalue weighted by atomic mass is 10.0. The second-order valence-corrected chi connectivity index (χ2v) is 8.85. The lowest BCUT2D eigenvalue weighted by Crippen LogP contribution is -2.47. The first-order valence-corrected chi connectivity index (χ1v) is 11.7. The van der Waals surface area contributed by atoms with Crippen LogP contribution in [0.25, 0.3) is 11.2 Å². The van der Waals surface area contributed by atoms with E-state index in [1.165, 1.54) is 6.42 Å². The van der Waals surface area contributed by atoms with Gasteiger partial charge in [-0.2, -0.15) is 0 Å². The molecule has 1 fully saturated rings. The molecule has 8 nitrogen and oxygen atoms in total. The molecule has 31 heavy (non-hydrogen) atoms. The van der Waals surface area contributed by atoms with E-state index in [1.807, 2.05) is 19.9 Å². The Morgan fingerprint density at radius 2 is 1.94 bits per heavy atom. The number of rotatable bonds is 6. The maximum atomic E-state index is 13.2. The number of carbonyl (C=O) groups is 2. The minimum absolute atomic E-state index is 0.0668. The molecule has 2 aromatic heterocycles. The molecule has 1 saturated heterocycles. The van der Waals surface area contributed by atoms with E-state index in [-0.39, 0.29) is 17.9 Å². The fraction of sp³-hybridized carbons (Fsp3) is 0.652. The van der Waals surface area contributed by atoms with Crippen LogP contribution < -0.4 is 10.6 Å². The van der Waals surface area contributed by atoms with Gasteiger partial charge < -0.3 is 15.2 Å². The predicted octanol–water partition coefficient (Wildman–Crippen LogP) is 2.19. The largest absolute Gasteiger partial charge is 0.355 e. The average molecular weight is 427 g/mol. The number of amides is 2. The van der Waals surface area contributed by atoms with Crippen molar-refractivity contribution in [3.05, 3.63) is 23.1 Å². The molecule has 0 saturated carbocycles. The molecule has 0 radical (unpaired) electrons. The van der Waals surface area contributed by atoms with E-state index in [0.717, 1.165) is 87.4 Å². The zero-order valence-electron chi connectivity index (χ0n) is 18.7. The van der Waals surface area contributed by atoms with Gasteiger partial charge in [-0.3, -0.25) is 14.5 Å².